The van der Waals surface area contributed by atoms with Gasteiger partial charge in [0.2, 0.25) is 0 Å². The van der Waals surface area contributed by atoms with Crippen LogP contribution in [0, 0.1) is 5.41 Å². The number of esters is 1. The van der Waals surface area contributed by atoms with E-state index in [4.69, 9.17) is 20.6 Å². The number of hydrogen-bond donors (Lipinski definition) is 2. The molecule has 0 bridgehead atoms. The molecule has 5 nitrogen and oxygen atoms in total. The van der Waals surface area contributed by atoms with Gasteiger partial charge in [0.25, 0.3) is 0 Å². The van der Waals surface area contributed by atoms with Gasteiger partial charge in [0.05, 0.1) is 19.3 Å². The van der Waals surface area contributed by atoms with Crippen molar-refractivity contribution in [3.8, 4) is 0 Å². The Hall–Kier alpha value is -1.36. The molecule has 1 rings (SSSR count). The van der Waals surface area contributed by atoms with Crippen LogP contribution in [0.4, 0.5) is 0 Å². The van der Waals surface area contributed by atoms with Gasteiger partial charge in [-0.1, -0.05) is 0 Å². The molecular weight excluding hydrogens is 196 g/mol. The Morgan fingerprint density at radius 2 is 2.40 bits per heavy atom. The number of rotatable bonds is 3. The van der Waals surface area contributed by atoms with Crippen molar-refractivity contribution >= 4 is 11.7 Å². The predicted molar refractivity (Wildman–Crippen MR) is 55.6 cm³/mol. The first-order chi connectivity index (χ1) is 7.06. The molecule has 0 aromatic rings. The summed E-state index contributed by atoms with van der Waals surface area (Å²) >= 11 is 0. The molecular formula is C10H16N2O3. The molecule has 1 heterocycles. The third kappa shape index (κ3) is 2.79. The zero-order valence-electron chi connectivity index (χ0n) is 9.00. The van der Waals surface area contributed by atoms with Gasteiger partial charge in [-0.05, 0) is 13.8 Å². The number of ether oxygens (including phenoxy) is 2. The molecule has 0 fully saturated rings. The third-order valence-corrected chi connectivity index (χ3v) is 2.18. The summed E-state index contributed by atoms with van der Waals surface area (Å²) in [6.07, 6.45) is 0.478. The summed E-state index contributed by atoms with van der Waals surface area (Å²) in [7, 11) is 0. The highest BCUT2D eigenvalue weighted by atomic mass is 16.5. The maximum absolute atomic E-state index is 11.3. The third-order valence-electron chi connectivity index (χ3n) is 2.18. The van der Waals surface area contributed by atoms with E-state index in [0.717, 1.165) is 0 Å². The van der Waals surface area contributed by atoms with Crippen LogP contribution in [0.3, 0.4) is 0 Å². The highest BCUT2D eigenvalue weighted by Gasteiger charge is 2.24. The highest BCUT2D eigenvalue weighted by molar-refractivity contribution is 6.42. The summed E-state index contributed by atoms with van der Waals surface area (Å²) in [5, 5.41) is 7.64. The Kier molecular flexibility index (Phi) is 3.85. The molecule has 84 valence electrons. The van der Waals surface area contributed by atoms with E-state index in [1.165, 1.54) is 0 Å². The molecule has 0 aliphatic carbocycles. The van der Waals surface area contributed by atoms with Crippen LogP contribution in [-0.4, -0.2) is 31.0 Å². The van der Waals surface area contributed by atoms with E-state index in [-0.39, 0.29) is 25.0 Å². The Bertz CT molecular complexity index is 310. The summed E-state index contributed by atoms with van der Waals surface area (Å²) in [4.78, 5) is 11.3. The van der Waals surface area contributed by atoms with Crippen LogP contribution >= 0.6 is 0 Å². The molecule has 1 unspecified atom stereocenters. The van der Waals surface area contributed by atoms with Crippen molar-refractivity contribution in [1.29, 1.82) is 5.41 Å². The quantitative estimate of drug-likeness (QED) is 0.529. The summed E-state index contributed by atoms with van der Waals surface area (Å²) in [5.74, 6) is -0.621. The molecule has 0 aromatic carbocycles. The summed E-state index contributed by atoms with van der Waals surface area (Å²) in [5.41, 5.74) is 6.53. The van der Waals surface area contributed by atoms with Gasteiger partial charge in [0, 0.05) is 17.7 Å². The molecule has 0 radical (unpaired) electrons. The van der Waals surface area contributed by atoms with Crippen LogP contribution in [0.5, 0.6) is 0 Å². The Labute approximate surface area is 88.7 Å². The molecule has 0 aromatic heterocycles. The van der Waals surface area contributed by atoms with Crippen molar-refractivity contribution < 1.29 is 14.3 Å². The van der Waals surface area contributed by atoms with Gasteiger partial charge in [-0.25, -0.2) is 4.79 Å². The Morgan fingerprint density at radius 3 is 3.00 bits per heavy atom. The SMILES string of the molecule is CCOC(=O)C(=N)C1=C(N)COC(C)C1. The molecule has 1 atom stereocenters. The van der Waals surface area contributed by atoms with E-state index in [2.05, 4.69) is 0 Å². The van der Waals surface area contributed by atoms with Gasteiger partial charge >= 0.3 is 5.97 Å². The molecule has 3 N–H and O–H groups in total. The first-order valence-electron chi connectivity index (χ1n) is 4.91. The van der Waals surface area contributed by atoms with Crippen molar-refractivity contribution in [2.75, 3.05) is 13.2 Å². The zero-order valence-corrected chi connectivity index (χ0v) is 9.00. The molecule has 0 amide bonds. The second-order valence-corrected chi connectivity index (χ2v) is 3.43. The molecule has 15 heavy (non-hydrogen) atoms. The van der Waals surface area contributed by atoms with Gasteiger partial charge < -0.3 is 15.2 Å². The van der Waals surface area contributed by atoms with Gasteiger partial charge in [0.15, 0.2) is 0 Å². The predicted octanol–water partition coefficient (Wildman–Crippen LogP) is 0.591. The van der Waals surface area contributed by atoms with Crippen LogP contribution < -0.4 is 5.73 Å². The smallest absolute Gasteiger partial charge is 0.356 e. The fraction of sp³-hybridized carbons (Fsp3) is 0.600. The fourth-order valence-corrected chi connectivity index (χ4v) is 1.39. The van der Waals surface area contributed by atoms with E-state index >= 15 is 0 Å². The largest absolute Gasteiger partial charge is 0.461 e. The van der Waals surface area contributed by atoms with Crippen LogP contribution in [0.2, 0.25) is 0 Å². The molecule has 0 spiro atoms. The zero-order chi connectivity index (χ0) is 11.4. The van der Waals surface area contributed by atoms with Crippen LogP contribution in [0.15, 0.2) is 11.3 Å². The lowest BCUT2D eigenvalue weighted by Crippen LogP contribution is -2.30. The average Bonchev–Trinajstić information content (AvgIpc) is 2.21. The second-order valence-electron chi connectivity index (χ2n) is 3.43. The minimum Gasteiger partial charge on any atom is -0.461 e. The lowest BCUT2D eigenvalue weighted by molar-refractivity contribution is -0.135. The standard InChI is InChI=1S/C10H16N2O3/c1-3-14-10(13)9(12)7-4-6(2)15-5-8(7)11/h6,12H,3-5,11H2,1-2H3. The Balaban J connectivity index is 2.77. The van der Waals surface area contributed by atoms with Gasteiger partial charge in [-0.15, -0.1) is 0 Å². The van der Waals surface area contributed by atoms with Gasteiger partial charge in [-0.2, -0.15) is 0 Å². The van der Waals surface area contributed by atoms with E-state index in [1.807, 2.05) is 6.92 Å². The first-order valence-corrected chi connectivity index (χ1v) is 4.91. The minimum atomic E-state index is -0.621. The Morgan fingerprint density at radius 1 is 1.73 bits per heavy atom. The lowest BCUT2D eigenvalue weighted by Gasteiger charge is -2.23. The van der Waals surface area contributed by atoms with Gasteiger partial charge in [0.1, 0.15) is 5.71 Å². The van der Waals surface area contributed by atoms with Crippen LogP contribution in [-0.2, 0) is 14.3 Å². The number of nitrogens with two attached hydrogens (primary N) is 1. The number of nitrogens with one attached hydrogen (secondary N) is 1. The summed E-state index contributed by atoms with van der Waals surface area (Å²) < 4.78 is 10.0. The van der Waals surface area contributed by atoms with E-state index < -0.39 is 5.97 Å². The number of hydrogen-bond acceptors (Lipinski definition) is 5. The van der Waals surface area contributed by atoms with Crippen LogP contribution in [0.1, 0.15) is 20.3 Å². The van der Waals surface area contributed by atoms with Crippen molar-refractivity contribution in [2.45, 2.75) is 26.4 Å². The van der Waals surface area contributed by atoms with E-state index in [1.54, 1.807) is 6.92 Å². The van der Waals surface area contributed by atoms with Crippen LogP contribution in [0.25, 0.3) is 0 Å². The van der Waals surface area contributed by atoms with Crippen molar-refractivity contribution in [2.24, 2.45) is 5.73 Å². The molecule has 1 aliphatic heterocycles. The normalized spacial score (nSPS) is 21.3. The molecule has 1 aliphatic rings. The fourth-order valence-electron chi connectivity index (χ4n) is 1.39. The minimum absolute atomic E-state index is 0.0120. The monoisotopic (exact) mass is 212 g/mol. The number of carbonyl (C=O) groups is 1. The maximum atomic E-state index is 11.3. The molecule has 0 saturated heterocycles. The second kappa shape index (κ2) is 4.93. The van der Waals surface area contributed by atoms with Crippen molar-refractivity contribution in [3.63, 3.8) is 0 Å². The van der Waals surface area contributed by atoms with Crippen molar-refractivity contribution in [1.82, 2.24) is 0 Å². The number of carbonyl (C=O) groups excluding carboxylic acids is 1. The highest BCUT2D eigenvalue weighted by Crippen LogP contribution is 2.18. The van der Waals surface area contributed by atoms with Crippen molar-refractivity contribution in [3.05, 3.63) is 11.3 Å². The van der Waals surface area contributed by atoms with E-state index in [0.29, 0.717) is 17.7 Å². The lowest BCUT2D eigenvalue weighted by atomic mass is 9.99. The molecule has 5 heteroatoms. The maximum Gasteiger partial charge on any atom is 0.356 e. The summed E-state index contributed by atoms with van der Waals surface area (Å²) in [6, 6.07) is 0. The average molecular weight is 212 g/mol. The first kappa shape index (κ1) is 11.7. The molecule has 0 saturated carbocycles. The summed E-state index contributed by atoms with van der Waals surface area (Å²) in [6.45, 7) is 4.12. The topological polar surface area (TPSA) is 85.4 Å². The van der Waals surface area contributed by atoms with Gasteiger partial charge in [-0.3, -0.25) is 5.41 Å². The van der Waals surface area contributed by atoms with E-state index in [9.17, 15) is 4.79 Å².